The first-order valence-corrected chi connectivity index (χ1v) is 8.26. The third-order valence-electron chi connectivity index (χ3n) is 4.14. The summed E-state index contributed by atoms with van der Waals surface area (Å²) in [5.41, 5.74) is 0.588. The summed E-state index contributed by atoms with van der Waals surface area (Å²) in [5.74, 6) is 0.143. The van der Waals surface area contributed by atoms with Crippen molar-refractivity contribution in [1.82, 2.24) is 14.7 Å². The second kappa shape index (κ2) is 7.05. The largest absolute Gasteiger partial charge is 0.338 e. The summed E-state index contributed by atoms with van der Waals surface area (Å²) < 4.78 is 1.63. The molecule has 1 N–H and O–H groups in total. The van der Waals surface area contributed by atoms with E-state index in [9.17, 15) is 9.59 Å². The first-order chi connectivity index (χ1) is 11.5. The van der Waals surface area contributed by atoms with E-state index < -0.39 is 0 Å². The molecule has 3 rings (SSSR count). The second-order valence-electron chi connectivity index (χ2n) is 5.96. The van der Waals surface area contributed by atoms with Gasteiger partial charge in [-0.15, -0.1) is 0 Å². The molecule has 2 aromatic rings. The first kappa shape index (κ1) is 16.5. The van der Waals surface area contributed by atoms with E-state index in [-0.39, 0.29) is 17.7 Å². The van der Waals surface area contributed by atoms with Gasteiger partial charge in [0.2, 0.25) is 5.91 Å². The van der Waals surface area contributed by atoms with Gasteiger partial charge in [-0.1, -0.05) is 11.6 Å². The topological polar surface area (TPSA) is 67.2 Å². The molecular weight excluding hydrogens is 328 g/mol. The monoisotopic (exact) mass is 346 g/mol. The Morgan fingerprint density at radius 3 is 2.67 bits per heavy atom. The van der Waals surface area contributed by atoms with Gasteiger partial charge in [0.15, 0.2) is 5.82 Å². The average molecular weight is 347 g/mol. The van der Waals surface area contributed by atoms with Crippen LogP contribution in [0.1, 0.15) is 23.2 Å². The van der Waals surface area contributed by atoms with E-state index in [1.54, 1.807) is 53.2 Å². The van der Waals surface area contributed by atoms with Crippen molar-refractivity contribution >= 4 is 29.2 Å². The highest BCUT2D eigenvalue weighted by molar-refractivity contribution is 6.30. The van der Waals surface area contributed by atoms with Crippen LogP contribution < -0.4 is 5.32 Å². The number of benzene rings is 1. The summed E-state index contributed by atoms with van der Waals surface area (Å²) in [6.45, 7) is 1.08. The van der Waals surface area contributed by atoms with Crippen LogP contribution in [0.5, 0.6) is 0 Å². The number of rotatable bonds is 3. The van der Waals surface area contributed by atoms with Crippen molar-refractivity contribution in [2.75, 3.05) is 18.4 Å². The van der Waals surface area contributed by atoms with E-state index in [1.807, 2.05) is 0 Å². The van der Waals surface area contributed by atoms with Crippen LogP contribution in [0.4, 0.5) is 5.82 Å². The highest BCUT2D eigenvalue weighted by atomic mass is 35.5. The molecule has 0 bridgehead atoms. The van der Waals surface area contributed by atoms with Gasteiger partial charge in [0.05, 0.1) is 5.92 Å². The van der Waals surface area contributed by atoms with Crippen LogP contribution in [-0.2, 0) is 11.8 Å². The number of carbonyl (C=O) groups excluding carboxylic acids is 2. The van der Waals surface area contributed by atoms with Gasteiger partial charge in [0.1, 0.15) is 0 Å². The summed E-state index contributed by atoms with van der Waals surface area (Å²) >= 11 is 5.86. The summed E-state index contributed by atoms with van der Waals surface area (Å²) in [6, 6.07) is 8.57. The Morgan fingerprint density at radius 1 is 1.25 bits per heavy atom. The Hall–Kier alpha value is -2.34. The van der Waals surface area contributed by atoms with Crippen molar-refractivity contribution in [3.63, 3.8) is 0 Å². The molecule has 1 aromatic carbocycles. The summed E-state index contributed by atoms with van der Waals surface area (Å²) in [7, 11) is 1.79. The number of carbonyl (C=O) groups is 2. The lowest BCUT2D eigenvalue weighted by Crippen LogP contribution is -2.43. The molecule has 24 heavy (non-hydrogen) atoms. The van der Waals surface area contributed by atoms with E-state index in [1.165, 1.54) is 0 Å². The van der Waals surface area contributed by atoms with Crippen molar-refractivity contribution in [3.8, 4) is 0 Å². The number of nitrogens with zero attached hydrogens (tertiary/aromatic N) is 3. The van der Waals surface area contributed by atoms with Gasteiger partial charge in [-0.05, 0) is 37.1 Å². The fraction of sp³-hybridized carbons (Fsp3) is 0.353. The van der Waals surface area contributed by atoms with Gasteiger partial charge in [0.25, 0.3) is 5.91 Å². The van der Waals surface area contributed by atoms with Gasteiger partial charge < -0.3 is 10.2 Å². The lowest BCUT2D eigenvalue weighted by Gasteiger charge is -2.32. The number of nitrogens with one attached hydrogen (secondary N) is 1. The molecule has 6 nitrogen and oxygen atoms in total. The minimum Gasteiger partial charge on any atom is -0.338 e. The quantitative estimate of drug-likeness (QED) is 0.928. The standard InChI is InChI=1S/C17H19ClN4O2/c1-21-10-8-15(20-21)19-16(23)13-3-2-9-22(11-13)17(24)12-4-6-14(18)7-5-12/h4-8,10,13H,2-3,9,11H2,1H3,(H,19,20,23). The lowest BCUT2D eigenvalue weighted by atomic mass is 9.96. The first-order valence-electron chi connectivity index (χ1n) is 7.88. The molecule has 1 atom stereocenters. The van der Waals surface area contributed by atoms with Gasteiger partial charge in [-0.25, -0.2) is 0 Å². The maximum Gasteiger partial charge on any atom is 0.253 e. The maximum atomic E-state index is 12.6. The molecule has 7 heteroatoms. The van der Waals surface area contributed by atoms with E-state index in [0.717, 1.165) is 12.8 Å². The summed E-state index contributed by atoms with van der Waals surface area (Å²) in [6.07, 6.45) is 3.34. The van der Waals surface area contributed by atoms with Crippen molar-refractivity contribution in [2.45, 2.75) is 12.8 Å². The number of hydrogen-bond acceptors (Lipinski definition) is 3. The molecule has 1 aromatic heterocycles. The number of hydrogen-bond donors (Lipinski definition) is 1. The second-order valence-corrected chi connectivity index (χ2v) is 6.40. The Kier molecular flexibility index (Phi) is 4.85. The molecule has 2 amide bonds. The molecular formula is C17H19ClN4O2. The number of likely N-dealkylation sites (tertiary alicyclic amines) is 1. The van der Waals surface area contributed by atoms with Crippen LogP contribution in [-0.4, -0.2) is 39.6 Å². The molecule has 1 saturated heterocycles. The van der Waals surface area contributed by atoms with Crippen molar-refractivity contribution < 1.29 is 9.59 Å². The van der Waals surface area contributed by atoms with Crippen LogP contribution in [0.2, 0.25) is 5.02 Å². The fourth-order valence-electron chi connectivity index (χ4n) is 2.86. The zero-order valence-electron chi connectivity index (χ0n) is 13.4. The molecule has 0 aliphatic carbocycles. The van der Waals surface area contributed by atoms with Crippen molar-refractivity contribution in [3.05, 3.63) is 47.1 Å². The third kappa shape index (κ3) is 3.76. The Labute approximate surface area is 145 Å². The molecule has 126 valence electrons. The van der Waals surface area contributed by atoms with Gasteiger partial charge in [-0.2, -0.15) is 5.10 Å². The Balaban J connectivity index is 1.64. The minimum atomic E-state index is -0.225. The van der Waals surface area contributed by atoms with E-state index in [0.29, 0.717) is 29.5 Å². The fourth-order valence-corrected chi connectivity index (χ4v) is 2.99. The molecule has 1 unspecified atom stereocenters. The Bertz CT molecular complexity index is 741. The smallest absolute Gasteiger partial charge is 0.253 e. The third-order valence-corrected chi connectivity index (χ3v) is 4.39. The molecule has 0 radical (unpaired) electrons. The zero-order valence-corrected chi connectivity index (χ0v) is 14.2. The van der Waals surface area contributed by atoms with Crippen LogP contribution in [0.3, 0.4) is 0 Å². The SMILES string of the molecule is Cn1ccc(NC(=O)C2CCCN(C(=O)c3ccc(Cl)cc3)C2)n1. The predicted molar refractivity (Wildman–Crippen MR) is 91.9 cm³/mol. The number of piperidine rings is 1. The van der Waals surface area contributed by atoms with Gasteiger partial charge in [-0.3, -0.25) is 14.3 Å². The van der Waals surface area contributed by atoms with E-state index >= 15 is 0 Å². The Morgan fingerprint density at radius 2 is 2.00 bits per heavy atom. The number of anilines is 1. The molecule has 1 aliphatic heterocycles. The minimum absolute atomic E-state index is 0.0676. The molecule has 0 saturated carbocycles. The van der Waals surface area contributed by atoms with Crippen LogP contribution >= 0.6 is 11.6 Å². The van der Waals surface area contributed by atoms with E-state index in [2.05, 4.69) is 10.4 Å². The van der Waals surface area contributed by atoms with E-state index in [4.69, 9.17) is 11.6 Å². The predicted octanol–water partition coefficient (Wildman–Crippen LogP) is 2.56. The highest BCUT2D eigenvalue weighted by Gasteiger charge is 2.29. The van der Waals surface area contributed by atoms with Crippen LogP contribution in [0.25, 0.3) is 0 Å². The van der Waals surface area contributed by atoms with Crippen molar-refractivity contribution in [1.29, 1.82) is 0 Å². The molecule has 0 spiro atoms. The van der Waals surface area contributed by atoms with Gasteiger partial charge in [0, 0.05) is 43.0 Å². The average Bonchev–Trinajstić information content (AvgIpc) is 3.00. The number of halogens is 1. The highest BCUT2D eigenvalue weighted by Crippen LogP contribution is 2.21. The van der Waals surface area contributed by atoms with Gasteiger partial charge >= 0.3 is 0 Å². The molecule has 2 heterocycles. The molecule has 1 aliphatic rings. The number of amides is 2. The lowest BCUT2D eigenvalue weighted by molar-refractivity contribution is -0.121. The summed E-state index contributed by atoms with van der Waals surface area (Å²) in [5, 5.41) is 7.56. The maximum absolute atomic E-state index is 12.6. The zero-order chi connectivity index (χ0) is 17.1. The number of aromatic nitrogens is 2. The van der Waals surface area contributed by atoms with Crippen LogP contribution in [0, 0.1) is 5.92 Å². The summed E-state index contributed by atoms with van der Waals surface area (Å²) in [4.78, 5) is 26.7. The normalized spacial score (nSPS) is 17.6. The molecule has 1 fully saturated rings. The number of aryl methyl sites for hydroxylation is 1. The van der Waals surface area contributed by atoms with Crippen LogP contribution in [0.15, 0.2) is 36.5 Å². The van der Waals surface area contributed by atoms with Crippen molar-refractivity contribution in [2.24, 2.45) is 13.0 Å².